The summed E-state index contributed by atoms with van der Waals surface area (Å²) in [7, 11) is 0. The molecule has 168 valence electrons. The summed E-state index contributed by atoms with van der Waals surface area (Å²) in [5, 5.41) is 14.4. The molecule has 0 aliphatic carbocycles. The third-order valence-corrected chi connectivity index (χ3v) is 5.19. The highest BCUT2D eigenvalue weighted by molar-refractivity contribution is 6.30. The molecule has 0 bridgehead atoms. The van der Waals surface area contributed by atoms with Crippen LogP contribution in [0, 0.1) is 0 Å². The van der Waals surface area contributed by atoms with Gasteiger partial charge in [0.2, 0.25) is 0 Å². The molecule has 0 amide bonds. The Morgan fingerprint density at radius 1 is 1.03 bits per heavy atom. The Labute approximate surface area is 190 Å². The van der Waals surface area contributed by atoms with Gasteiger partial charge in [-0.2, -0.15) is 18.3 Å². The van der Waals surface area contributed by atoms with Crippen LogP contribution < -0.4 is 5.73 Å². The normalized spacial score (nSPS) is 12.5. The van der Waals surface area contributed by atoms with Gasteiger partial charge in [-0.1, -0.05) is 35.9 Å². The highest BCUT2D eigenvalue weighted by atomic mass is 35.5. The third-order valence-electron chi connectivity index (χ3n) is 4.94. The van der Waals surface area contributed by atoms with Crippen molar-refractivity contribution in [2.45, 2.75) is 12.2 Å². The number of hydrogen-bond donors (Lipinski definition) is 2. The van der Waals surface area contributed by atoms with E-state index in [1.807, 2.05) is 0 Å². The molecule has 7 nitrogen and oxygen atoms in total. The minimum Gasteiger partial charge on any atom is -0.479 e. The van der Waals surface area contributed by atoms with Crippen LogP contribution >= 0.6 is 11.6 Å². The van der Waals surface area contributed by atoms with Crippen LogP contribution in [-0.4, -0.2) is 30.8 Å². The summed E-state index contributed by atoms with van der Waals surface area (Å²) in [5.74, 6) is -1.09. The van der Waals surface area contributed by atoms with E-state index in [0.29, 0.717) is 27.4 Å². The lowest BCUT2D eigenvalue weighted by atomic mass is 10.0. The Morgan fingerprint density at radius 3 is 2.30 bits per heavy atom. The Hall–Kier alpha value is -3.92. The second-order valence-corrected chi connectivity index (χ2v) is 7.50. The van der Waals surface area contributed by atoms with Gasteiger partial charge in [0.05, 0.1) is 23.0 Å². The van der Waals surface area contributed by atoms with E-state index >= 15 is 0 Å². The van der Waals surface area contributed by atoms with Crippen LogP contribution in [0.25, 0.3) is 22.4 Å². The Bertz CT molecular complexity index is 1310. The van der Waals surface area contributed by atoms with Gasteiger partial charge in [0.1, 0.15) is 12.1 Å². The molecule has 4 rings (SSSR count). The van der Waals surface area contributed by atoms with E-state index in [1.54, 1.807) is 24.3 Å². The number of halogens is 4. The summed E-state index contributed by atoms with van der Waals surface area (Å²) in [6.07, 6.45) is -0.411. The second-order valence-electron chi connectivity index (χ2n) is 7.06. The van der Waals surface area contributed by atoms with Crippen molar-refractivity contribution in [3.63, 3.8) is 0 Å². The van der Waals surface area contributed by atoms with E-state index < -0.39 is 23.8 Å². The maximum absolute atomic E-state index is 12.9. The van der Waals surface area contributed by atoms with Crippen molar-refractivity contribution in [3.8, 4) is 22.4 Å². The van der Waals surface area contributed by atoms with Crippen LogP contribution in [0.2, 0.25) is 5.02 Å². The number of nitrogen functional groups attached to an aromatic ring is 1. The van der Waals surface area contributed by atoms with Crippen molar-refractivity contribution in [2.75, 3.05) is 5.73 Å². The molecule has 0 spiro atoms. The number of aliphatic carboxylic acids is 1. The summed E-state index contributed by atoms with van der Waals surface area (Å²) >= 11 is 5.96. The fourth-order valence-corrected chi connectivity index (χ4v) is 3.51. The molecule has 2 aromatic carbocycles. The van der Waals surface area contributed by atoms with Crippen LogP contribution in [0.1, 0.15) is 17.2 Å². The molecule has 2 heterocycles. The molecule has 1 atom stereocenters. The monoisotopic (exact) mass is 473 g/mol. The lowest BCUT2D eigenvalue weighted by molar-refractivity contribution is -0.139. The average molecular weight is 474 g/mol. The predicted molar refractivity (Wildman–Crippen MR) is 115 cm³/mol. The molecule has 0 fully saturated rings. The van der Waals surface area contributed by atoms with Crippen molar-refractivity contribution < 1.29 is 23.1 Å². The minimum absolute atomic E-state index is 0.130. The van der Waals surface area contributed by atoms with E-state index in [4.69, 9.17) is 17.3 Å². The molecule has 0 saturated carbocycles. The zero-order chi connectivity index (χ0) is 23.8. The van der Waals surface area contributed by atoms with Crippen LogP contribution in [-0.2, 0) is 11.0 Å². The van der Waals surface area contributed by atoms with Crippen molar-refractivity contribution in [1.82, 2.24) is 19.7 Å². The molecule has 1 unspecified atom stereocenters. The Kier molecular flexibility index (Phi) is 5.77. The van der Waals surface area contributed by atoms with E-state index in [0.717, 1.165) is 28.9 Å². The third kappa shape index (κ3) is 4.51. The average Bonchev–Trinajstić information content (AvgIpc) is 3.23. The number of carbonyl (C=O) groups is 1. The molecule has 2 aromatic heterocycles. The van der Waals surface area contributed by atoms with Gasteiger partial charge in [0.25, 0.3) is 0 Å². The first-order valence-electron chi connectivity index (χ1n) is 9.46. The van der Waals surface area contributed by atoms with E-state index in [-0.39, 0.29) is 11.4 Å². The number of carboxylic acid groups (broad SMARTS) is 1. The van der Waals surface area contributed by atoms with Crippen molar-refractivity contribution in [3.05, 3.63) is 83.4 Å². The molecule has 0 saturated heterocycles. The van der Waals surface area contributed by atoms with E-state index in [2.05, 4.69) is 15.1 Å². The van der Waals surface area contributed by atoms with Gasteiger partial charge in [-0.05, 0) is 35.4 Å². The lowest BCUT2D eigenvalue weighted by Crippen LogP contribution is -2.21. The molecule has 0 aliphatic rings. The SMILES string of the molecule is Nc1ncnc(-c2cnn(C(C(=O)O)c3ccc(C(F)(F)F)cc3)c2)c1-c1ccc(Cl)cc1. The topological polar surface area (TPSA) is 107 Å². The number of alkyl halides is 3. The maximum atomic E-state index is 12.9. The zero-order valence-electron chi connectivity index (χ0n) is 16.7. The van der Waals surface area contributed by atoms with E-state index in [1.165, 1.54) is 18.7 Å². The molecule has 0 radical (unpaired) electrons. The second kappa shape index (κ2) is 8.55. The fourth-order valence-electron chi connectivity index (χ4n) is 3.38. The van der Waals surface area contributed by atoms with Gasteiger partial charge in [-0.25, -0.2) is 14.8 Å². The van der Waals surface area contributed by atoms with Gasteiger partial charge in [-0.15, -0.1) is 0 Å². The van der Waals surface area contributed by atoms with Crippen LogP contribution in [0.4, 0.5) is 19.0 Å². The van der Waals surface area contributed by atoms with Crippen LogP contribution in [0.5, 0.6) is 0 Å². The Morgan fingerprint density at radius 2 is 1.70 bits per heavy atom. The van der Waals surface area contributed by atoms with E-state index in [9.17, 15) is 23.1 Å². The van der Waals surface area contributed by atoms with Crippen LogP contribution in [0.3, 0.4) is 0 Å². The summed E-state index contributed by atoms with van der Waals surface area (Å²) in [4.78, 5) is 20.3. The molecule has 33 heavy (non-hydrogen) atoms. The smallest absolute Gasteiger partial charge is 0.416 e. The quantitative estimate of drug-likeness (QED) is 0.425. The number of aromatic nitrogens is 4. The Balaban J connectivity index is 1.75. The first kappa shape index (κ1) is 22.3. The summed E-state index contributed by atoms with van der Waals surface area (Å²) < 4.78 is 39.7. The van der Waals surface area contributed by atoms with Gasteiger partial charge in [-0.3, -0.25) is 4.68 Å². The summed E-state index contributed by atoms with van der Waals surface area (Å²) in [6.45, 7) is 0. The number of nitrogens with zero attached hydrogens (tertiary/aromatic N) is 4. The number of anilines is 1. The van der Waals surface area contributed by atoms with Gasteiger partial charge >= 0.3 is 12.1 Å². The molecular weight excluding hydrogens is 459 g/mol. The maximum Gasteiger partial charge on any atom is 0.416 e. The zero-order valence-corrected chi connectivity index (χ0v) is 17.4. The fraction of sp³-hybridized carbons (Fsp3) is 0.0909. The lowest BCUT2D eigenvalue weighted by Gasteiger charge is -2.15. The van der Waals surface area contributed by atoms with Gasteiger partial charge in [0, 0.05) is 16.8 Å². The first-order valence-corrected chi connectivity index (χ1v) is 9.84. The molecule has 4 aromatic rings. The standard InChI is InChI=1S/C22H15ClF3N5O2/c23-16-7-3-12(4-8-16)17-18(28-11-29-20(17)27)14-9-30-31(10-14)19(21(32)33)13-1-5-15(6-2-13)22(24,25)26/h1-11,19H,(H,32,33)(H2,27,28,29). The predicted octanol–water partition coefficient (Wildman–Crippen LogP) is 4.94. The molecule has 3 N–H and O–H groups in total. The largest absolute Gasteiger partial charge is 0.479 e. The van der Waals surface area contributed by atoms with Crippen molar-refractivity contribution in [2.24, 2.45) is 0 Å². The van der Waals surface area contributed by atoms with Crippen molar-refractivity contribution >= 4 is 23.4 Å². The number of nitrogens with two attached hydrogens (primary N) is 1. The number of benzene rings is 2. The highest BCUT2D eigenvalue weighted by Gasteiger charge is 2.31. The highest BCUT2D eigenvalue weighted by Crippen LogP contribution is 2.35. The number of hydrogen-bond acceptors (Lipinski definition) is 5. The van der Waals surface area contributed by atoms with Crippen molar-refractivity contribution in [1.29, 1.82) is 0 Å². The first-order chi connectivity index (χ1) is 15.6. The van der Waals surface area contributed by atoms with Gasteiger partial charge in [0.15, 0.2) is 6.04 Å². The summed E-state index contributed by atoms with van der Waals surface area (Å²) in [5.41, 5.74) is 7.40. The van der Waals surface area contributed by atoms with Crippen LogP contribution in [0.15, 0.2) is 67.3 Å². The number of carboxylic acids is 1. The molecule has 0 aliphatic heterocycles. The molecular formula is C22H15ClF3N5O2. The minimum atomic E-state index is -4.53. The molecule has 11 heteroatoms. The van der Waals surface area contributed by atoms with Gasteiger partial charge < -0.3 is 10.8 Å². The number of rotatable bonds is 5. The summed E-state index contributed by atoms with van der Waals surface area (Å²) in [6, 6.07) is 9.40.